The number of aromatic nitrogens is 1. The molecular weight excluding hydrogens is 257 g/mol. The fraction of sp³-hybridized carbons (Fsp3) is 0.143. The Morgan fingerprint density at radius 2 is 2.30 bits per heavy atom. The molecule has 52 valence electrons. The number of thiophene rings is 1. The Morgan fingerprint density at radius 3 is 3.00 bits per heavy atom. The maximum Gasteiger partial charge on any atom is 0.101 e. The summed E-state index contributed by atoms with van der Waals surface area (Å²) in [5.74, 6) is 0. The van der Waals surface area contributed by atoms with Crippen LogP contribution in [-0.2, 0) is 0 Å². The second kappa shape index (κ2) is 2.23. The van der Waals surface area contributed by atoms with E-state index in [-0.39, 0.29) is 0 Å². The Labute approximate surface area is 76.6 Å². The van der Waals surface area contributed by atoms with Crippen molar-refractivity contribution in [3.05, 3.63) is 20.7 Å². The van der Waals surface area contributed by atoms with Crippen LogP contribution in [0.2, 0.25) is 0 Å². The maximum atomic E-state index is 3.29. The lowest BCUT2D eigenvalue weighted by Crippen LogP contribution is -1.62. The first-order valence-electron chi connectivity index (χ1n) is 3.00. The smallest absolute Gasteiger partial charge is 0.101 e. The Kier molecular flexibility index (Phi) is 1.49. The van der Waals surface area contributed by atoms with Gasteiger partial charge in [-0.3, -0.25) is 0 Å². The predicted molar refractivity (Wildman–Crippen MR) is 53.6 cm³/mol. The second-order valence-electron chi connectivity index (χ2n) is 2.29. The summed E-state index contributed by atoms with van der Waals surface area (Å²) in [6.07, 6.45) is 0. The third kappa shape index (κ3) is 0.971. The number of fused-ring (bicyclic) bond motifs is 1. The zero-order chi connectivity index (χ0) is 7.14. The van der Waals surface area contributed by atoms with Crippen molar-refractivity contribution in [3.8, 4) is 0 Å². The number of halogens is 1. The van der Waals surface area contributed by atoms with E-state index in [9.17, 15) is 0 Å². The molecule has 0 saturated carbocycles. The van der Waals surface area contributed by atoms with E-state index in [4.69, 9.17) is 0 Å². The van der Waals surface area contributed by atoms with E-state index in [0.717, 1.165) is 0 Å². The molecule has 2 aromatic rings. The topological polar surface area (TPSA) is 15.8 Å². The van der Waals surface area contributed by atoms with Crippen LogP contribution in [0.5, 0.6) is 0 Å². The highest BCUT2D eigenvalue weighted by molar-refractivity contribution is 14.1. The van der Waals surface area contributed by atoms with Gasteiger partial charge in [0.05, 0.1) is 2.88 Å². The lowest BCUT2D eigenvalue weighted by Gasteiger charge is -1.76. The SMILES string of the molecule is Cc1cc2cc(I)sc2[nH]1. The molecule has 0 atom stereocenters. The molecule has 2 aromatic heterocycles. The largest absolute Gasteiger partial charge is 0.350 e. The van der Waals surface area contributed by atoms with Gasteiger partial charge in [-0.25, -0.2) is 0 Å². The summed E-state index contributed by atoms with van der Waals surface area (Å²) in [5, 5.41) is 1.34. The van der Waals surface area contributed by atoms with E-state index in [1.165, 1.54) is 18.8 Å². The molecule has 2 heterocycles. The highest BCUT2D eigenvalue weighted by atomic mass is 127. The van der Waals surface area contributed by atoms with Gasteiger partial charge >= 0.3 is 0 Å². The summed E-state index contributed by atoms with van der Waals surface area (Å²) in [6.45, 7) is 2.08. The zero-order valence-electron chi connectivity index (χ0n) is 5.44. The molecule has 0 aliphatic rings. The van der Waals surface area contributed by atoms with Crippen LogP contribution in [0, 0.1) is 9.81 Å². The van der Waals surface area contributed by atoms with Crippen LogP contribution in [0.25, 0.3) is 10.2 Å². The summed E-state index contributed by atoms with van der Waals surface area (Å²) < 4.78 is 1.35. The molecule has 0 aliphatic carbocycles. The number of aryl methyl sites for hydroxylation is 1. The van der Waals surface area contributed by atoms with Gasteiger partial charge in [0, 0.05) is 11.1 Å². The first-order chi connectivity index (χ1) is 4.75. The number of hydrogen-bond acceptors (Lipinski definition) is 1. The van der Waals surface area contributed by atoms with Crippen molar-refractivity contribution in [2.45, 2.75) is 6.92 Å². The average molecular weight is 263 g/mol. The Bertz CT molecular complexity index is 297. The van der Waals surface area contributed by atoms with Crippen LogP contribution in [0.1, 0.15) is 5.69 Å². The summed E-state index contributed by atoms with van der Waals surface area (Å²) >= 11 is 4.14. The standard InChI is InChI=1S/C7H6INS/c1-4-2-5-3-6(8)10-7(5)9-4/h2-3,9H,1H3. The molecule has 0 bridgehead atoms. The highest BCUT2D eigenvalue weighted by Gasteiger charge is 2.00. The molecule has 1 nitrogen and oxygen atoms in total. The third-order valence-corrected chi connectivity index (χ3v) is 3.24. The van der Waals surface area contributed by atoms with Crippen LogP contribution < -0.4 is 0 Å². The monoisotopic (exact) mass is 263 g/mol. The number of rotatable bonds is 0. The van der Waals surface area contributed by atoms with Crippen molar-refractivity contribution >= 4 is 44.1 Å². The zero-order valence-corrected chi connectivity index (χ0v) is 8.41. The van der Waals surface area contributed by atoms with Crippen molar-refractivity contribution in [2.75, 3.05) is 0 Å². The molecule has 0 unspecified atom stereocenters. The van der Waals surface area contributed by atoms with Crippen LogP contribution >= 0.6 is 33.9 Å². The molecule has 10 heavy (non-hydrogen) atoms. The molecule has 0 aromatic carbocycles. The normalized spacial score (nSPS) is 11.0. The quantitative estimate of drug-likeness (QED) is 0.703. The van der Waals surface area contributed by atoms with Crippen molar-refractivity contribution in [1.29, 1.82) is 0 Å². The van der Waals surface area contributed by atoms with Crippen molar-refractivity contribution in [3.63, 3.8) is 0 Å². The Hall–Kier alpha value is -0.0300. The average Bonchev–Trinajstić information content (AvgIpc) is 2.21. The summed E-state index contributed by atoms with van der Waals surface area (Å²) in [7, 11) is 0. The van der Waals surface area contributed by atoms with Gasteiger partial charge < -0.3 is 4.98 Å². The minimum Gasteiger partial charge on any atom is -0.350 e. The van der Waals surface area contributed by atoms with Gasteiger partial charge in [-0.05, 0) is 41.6 Å². The maximum absolute atomic E-state index is 3.29. The van der Waals surface area contributed by atoms with Gasteiger partial charge in [0.15, 0.2) is 0 Å². The lowest BCUT2D eigenvalue weighted by molar-refractivity contribution is 1.31. The van der Waals surface area contributed by atoms with E-state index < -0.39 is 0 Å². The number of aromatic amines is 1. The predicted octanol–water partition coefficient (Wildman–Crippen LogP) is 3.14. The summed E-state index contributed by atoms with van der Waals surface area (Å²) in [4.78, 5) is 4.59. The van der Waals surface area contributed by atoms with E-state index >= 15 is 0 Å². The molecular formula is C7H6INS. The molecule has 1 N–H and O–H groups in total. The first kappa shape index (κ1) is 6.67. The van der Waals surface area contributed by atoms with Gasteiger partial charge in [0.25, 0.3) is 0 Å². The van der Waals surface area contributed by atoms with E-state index in [0.29, 0.717) is 0 Å². The number of nitrogens with one attached hydrogen (secondary N) is 1. The molecule has 2 rings (SSSR count). The van der Waals surface area contributed by atoms with E-state index in [1.807, 2.05) is 0 Å². The van der Waals surface area contributed by atoms with Gasteiger partial charge in [0.2, 0.25) is 0 Å². The van der Waals surface area contributed by atoms with Crippen molar-refractivity contribution in [2.24, 2.45) is 0 Å². The summed E-state index contributed by atoms with van der Waals surface area (Å²) in [6, 6.07) is 4.37. The molecule has 0 fully saturated rings. The van der Waals surface area contributed by atoms with Crippen LogP contribution in [-0.4, -0.2) is 4.98 Å². The fourth-order valence-electron chi connectivity index (χ4n) is 1.03. The van der Waals surface area contributed by atoms with Crippen LogP contribution in [0.4, 0.5) is 0 Å². The third-order valence-electron chi connectivity index (χ3n) is 1.41. The van der Waals surface area contributed by atoms with Gasteiger partial charge in [-0.1, -0.05) is 0 Å². The molecule has 0 radical (unpaired) electrons. The van der Waals surface area contributed by atoms with Crippen molar-refractivity contribution in [1.82, 2.24) is 4.98 Å². The summed E-state index contributed by atoms with van der Waals surface area (Å²) in [5.41, 5.74) is 1.25. The van der Waals surface area contributed by atoms with Crippen LogP contribution in [0.3, 0.4) is 0 Å². The first-order valence-corrected chi connectivity index (χ1v) is 4.90. The van der Waals surface area contributed by atoms with Crippen molar-refractivity contribution < 1.29 is 0 Å². The number of hydrogen-bond donors (Lipinski definition) is 1. The van der Waals surface area contributed by atoms with E-state index in [1.54, 1.807) is 11.3 Å². The Balaban J connectivity index is 2.83. The molecule has 0 amide bonds. The van der Waals surface area contributed by atoms with Gasteiger partial charge in [0.1, 0.15) is 4.83 Å². The second-order valence-corrected chi connectivity index (χ2v) is 5.23. The highest BCUT2D eigenvalue weighted by Crippen LogP contribution is 2.26. The Morgan fingerprint density at radius 1 is 1.50 bits per heavy atom. The van der Waals surface area contributed by atoms with Crippen LogP contribution in [0.15, 0.2) is 12.1 Å². The number of H-pyrrole nitrogens is 1. The van der Waals surface area contributed by atoms with E-state index in [2.05, 4.69) is 46.6 Å². The molecule has 0 aliphatic heterocycles. The minimum atomic E-state index is 1.25. The molecule has 3 heteroatoms. The van der Waals surface area contributed by atoms with Gasteiger partial charge in [-0.15, -0.1) is 11.3 Å². The molecule has 0 saturated heterocycles. The minimum absolute atomic E-state index is 1.25. The molecule has 0 spiro atoms. The fourth-order valence-corrected chi connectivity index (χ4v) is 2.85. The van der Waals surface area contributed by atoms with Gasteiger partial charge in [-0.2, -0.15) is 0 Å². The lowest BCUT2D eigenvalue weighted by atomic mass is 10.4.